The summed E-state index contributed by atoms with van der Waals surface area (Å²) in [6.45, 7) is 2.16. The Morgan fingerprint density at radius 3 is 2.50 bits per heavy atom. The van der Waals surface area contributed by atoms with Crippen LogP contribution in [-0.4, -0.2) is 46.7 Å². The fourth-order valence-corrected chi connectivity index (χ4v) is 3.59. The molecule has 2 aromatic heterocycles. The van der Waals surface area contributed by atoms with Gasteiger partial charge in [0.15, 0.2) is 0 Å². The molecular weight excluding hydrogens is 439 g/mol. The fraction of sp³-hybridized carbons (Fsp3) is 0.250. The summed E-state index contributed by atoms with van der Waals surface area (Å²) in [5.41, 5.74) is 6.96. The number of aromatic hydroxyl groups is 1. The first-order valence-corrected chi connectivity index (χ1v) is 10.7. The smallest absolute Gasteiger partial charge is 0.227 e. The first-order valence-electron chi connectivity index (χ1n) is 10.7. The molecule has 10 heteroatoms. The Labute approximate surface area is 195 Å². The van der Waals surface area contributed by atoms with Crippen molar-refractivity contribution >= 4 is 17.4 Å². The molecule has 5 rings (SSSR count). The Kier molecular flexibility index (Phi) is 6.85. The highest BCUT2D eigenvalue weighted by Crippen LogP contribution is 2.28. The number of carbonyl (C=O) groups excluding carboxylic acids is 1. The van der Waals surface area contributed by atoms with Crippen LogP contribution in [0.1, 0.15) is 18.4 Å². The number of nitriles is 1. The summed E-state index contributed by atoms with van der Waals surface area (Å²) in [7, 11) is 0. The average Bonchev–Trinajstić information content (AvgIpc) is 3.26. The van der Waals surface area contributed by atoms with Crippen LogP contribution in [-0.2, 0) is 4.79 Å². The average molecular weight is 462 g/mol. The van der Waals surface area contributed by atoms with Crippen molar-refractivity contribution in [2.24, 2.45) is 5.73 Å². The van der Waals surface area contributed by atoms with E-state index >= 15 is 0 Å². The molecule has 2 aliphatic rings. The third-order valence-corrected chi connectivity index (χ3v) is 5.32. The van der Waals surface area contributed by atoms with Gasteiger partial charge in [-0.2, -0.15) is 5.26 Å². The number of aromatic nitrogens is 2. The van der Waals surface area contributed by atoms with Gasteiger partial charge in [0.25, 0.3) is 0 Å². The molecule has 0 aliphatic carbocycles. The summed E-state index contributed by atoms with van der Waals surface area (Å²) in [6, 6.07) is 12.7. The van der Waals surface area contributed by atoms with Crippen LogP contribution in [0, 0.1) is 17.1 Å². The zero-order chi connectivity index (χ0) is 24.1. The number of ether oxygens (including phenoxy) is 1. The number of halogens is 1. The van der Waals surface area contributed by atoms with Crippen molar-refractivity contribution in [1.29, 1.82) is 5.26 Å². The van der Waals surface area contributed by atoms with Crippen molar-refractivity contribution in [2.45, 2.75) is 18.9 Å². The predicted molar refractivity (Wildman–Crippen MR) is 123 cm³/mol. The van der Waals surface area contributed by atoms with Crippen LogP contribution >= 0.6 is 0 Å². The first kappa shape index (κ1) is 22.9. The molecule has 3 N–H and O–H groups in total. The highest BCUT2D eigenvalue weighted by atomic mass is 19.1. The van der Waals surface area contributed by atoms with E-state index in [4.69, 9.17) is 15.6 Å². The summed E-state index contributed by atoms with van der Waals surface area (Å²) >= 11 is 0. The van der Waals surface area contributed by atoms with E-state index in [1.54, 1.807) is 17.2 Å². The Balaban J connectivity index is 0.000000166. The van der Waals surface area contributed by atoms with Crippen LogP contribution < -0.4 is 20.3 Å². The number of hydrogen-bond acceptors (Lipinski definition) is 8. The van der Waals surface area contributed by atoms with E-state index < -0.39 is 0 Å². The summed E-state index contributed by atoms with van der Waals surface area (Å²) in [5, 5.41) is 18.2. The fourth-order valence-electron chi connectivity index (χ4n) is 3.59. The lowest BCUT2D eigenvalue weighted by Gasteiger charge is -2.38. The Bertz CT molecular complexity index is 1150. The van der Waals surface area contributed by atoms with Gasteiger partial charge in [-0.1, -0.05) is 0 Å². The predicted octanol–water partition coefficient (Wildman–Crippen LogP) is 2.95. The third-order valence-electron chi connectivity index (χ3n) is 5.32. The van der Waals surface area contributed by atoms with Gasteiger partial charge in [-0.3, -0.25) is 4.79 Å². The second-order valence-corrected chi connectivity index (χ2v) is 7.90. The van der Waals surface area contributed by atoms with Crippen LogP contribution in [0.15, 0.2) is 54.9 Å². The van der Waals surface area contributed by atoms with E-state index in [2.05, 4.69) is 16.0 Å². The molecule has 0 radical (unpaired) electrons. The quantitative estimate of drug-likeness (QED) is 0.606. The number of rotatable bonds is 4. The van der Waals surface area contributed by atoms with Crippen LogP contribution in [0.25, 0.3) is 0 Å². The number of hydrogen-bond donors (Lipinski definition) is 2. The van der Waals surface area contributed by atoms with Gasteiger partial charge in [0.05, 0.1) is 23.6 Å². The van der Waals surface area contributed by atoms with Crippen molar-refractivity contribution in [1.82, 2.24) is 9.97 Å². The topological polar surface area (TPSA) is 129 Å². The molecule has 34 heavy (non-hydrogen) atoms. The highest BCUT2D eigenvalue weighted by molar-refractivity contribution is 5.95. The van der Waals surface area contributed by atoms with E-state index in [0.29, 0.717) is 41.7 Å². The van der Waals surface area contributed by atoms with Gasteiger partial charge < -0.3 is 25.4 Å². The molecule has 0 atom stereocenters. The summed E-state index contributed by atoms with van der Waals surface area (Å²) in [5.74, 6) is 1.36. The minimum Gasteiger partial charge on any atom is -0.506 e. The minimum atomic E-state index is -0.319. The lowest BCUT2D eigenvalue weighted by atomic mass is 10.1. The van der Waals surface area contributed by atoms with E-state index in [1.807, 2.05) is 4.90 Å². The van der Waals surface area contributed by atoms with Gasteiger partial charge in [-0.05, 0) is 42.8 Å². The lowest BCUT2D eigenvalue weighted by molar-refractivity contribution is -0.117. The molecule has 2 saturated heterocycles. The molecule has 174 valence electrons. The van der Waals surface area contributed by atoms with Crippen LogP contribution in [0.4, 0.5) is 15.9 Å². The Hall–Kier alpha value is -4.23. The summed E-state index contributed by atoms with van der Waals surface area (Å²) in [6.07, 6.45) is 4.39. The van der Waals surface area contributed by atoms with Crippen LogP contribution in [0.2, 0.25) is 0 Å². The molecule has 3 aromatic rings. The number of pyridine rings is 2. The minimum absolute atomic E-state index is 0.0708. The molecule has 2 aliphatic heterocycles. The Morgan fingerprint density at radius 2 is 1.91 bits per heavy atom. The van der Waals surface area contributed by atoms with Gasteiger partial charge in [0.2, 0.25) is 11.8 Å². The number of amides is 1. The molecule has 1 amide bonds. The third kappa shape index (κ3) is 5.39. The SMILES string of the molecule is N#Cc1cc(N2CCCC2=O)cnc1N1CC(N)C1.Oc1ccc(Oc2ccc(F)cc2)nc1. The van der Waals surface area contributed by atoms with Gasteiger partial charge in [-0.25, -0.2) is 14.4 Å². The van der Waals surface area contributed by atoms with Crippen molar-refractivity contribution in [2.75, 3.05) is 29.4 Å². The van der Waals surface area contributed by atoms with Gasteiger partial charge in [0.1, 0.15) is 29.2 Å². The summed E-state index contributed by atoms with van der Waals surface area (Å²) in [4.78, 5) is 23.5. The maximum Gasteiger partial charge on any atom is 0.227 e. The Morgan fingerprint density at radius 1 is 1.15 bits per heavy atom. The molecule has 2 fully saturated rings. The molecule has 0 saturated carbocycles. The maximum atomic E-state index is 12.6. The largest absolute Gasteiger partial charge is 0.506 e. The number of anilines is 2. The van der Waals surface area contributed by atoms with Crippen molar-refractivity contribution < 1.29 is 19.0 Å². The molecule has 0 unspecified atom stereocenters. The summed E-state index contributed by atoms with van der Waals surface area (Å²) < 4.78 is 17.9. The van der Waals surface area contributed by atoms with E-state index in [-0.39, 0.29) is 23.5 Å². The number of benzene rings is 1. The molecule has 0 bridgehead atoms. The highest BCUT2D eigenvalue weighted by Gasteiger charge is 2.28. The second-order valence-electron chi connectivity index (χ2n) is 7.90. The number of carbonyl (C=O) groups is 1. The molecule has 1 aromatic carbocycles. The zero-order valence-corrected chi connectivity index (χ0v) is 18.3. The van der Waals surface area contributed by atoms with E-state index in [9.17, 15) is 14.4 Å². The van der Waals surface area contributed by atoms with Crippen molar-refractivity contribution in [3.63, 3.8) is 0 Å². The molecule has 9 nitrogen and oxygen atoms in total. The number of nitrogens with zero attached hydrogens (tertiary/aromatic N) is 5. The molecule has 4 heterocycles. The number of nitrogens with two attached hydrogens (primary N) is 1. The molecule has 0 spiro atoms. The van der Waals surface area contributed by atoms with Gasteiger partial charge >= 0.3 is 0 Å². The first-order chi connectivity index (χ1) is 16.4. The van der Waals surface area contributed by atoms with E-state index in [0.717, 1.165) is 19.5 Å². The van der Waals surface area contributed by atoms with Crippen molar-refractivity contribution in [3.8, 4) is 23.4 Å². The van der Waals surface area contributed by atoms with Crippen LogP contribution in [0.5, 0.6) is 17.4 Å². The monoisotopic (exact) mass is 462 g/mol. The van der Waals surface area contributed by atoms with Crippen LogP contribution in [0.3, 0.4) is 0 Å². The van der Waals surface area contributed by atoms with E-state index in [1.165, 1.54) is 42.6 Å². The normalized spacial score (nSPS) is 15.3. The van der Waals surface area contributed by atoms with Gasteiger partial charge in [-0.15, -0.1) is 0 Å². The zero-order valence-electron chi connectivity index (χ0n) is 18.3. The standard InChI is InChI=1S/C13H15N5O.C11H8FNO2/c14-5-9-4-11(18-3-1-2-12(18)19)6-16-13(9)17-7-10(15)8-17;12-8-1-4-10(5-2-8)15-11-6-3-9(14)7-13-11/h4,6,10H,1-3,7-8,15H2;1-7,14H. The molecular formula is C24H23FN6O3. The lowest BCUT2D eigenvalue weighted by Crippen LogP contribution is -2.56. The maximum absolute atomic E-state index is 12.6. The second kappa shape index (κ2) is 10.1. The van der Waals surface area contributed by atoms with Gasteiger partial charge in [0, 0.05) is 38.2 Å². The van der Waals surface area contributed by atoms with Crippen molar-refractivity contribution in [3.05, 3.63) is 66.2 Å².